The third kappa shape index (κ3) is 1.48. The second-order valence-electron chi connectivity index (χ2n) is 4.04. The first-order valence-corrected chi connectivity index (χ1v) is 4.87. The molecule has 0 aromatic heterocycles. The Kier molecular flexibility index (Phi) is 2.19. The molecule has 0 saturated heterocycles. The molecule has 0 bridgehead atoms. The SMILES string of the molecule is CC(F)(CN)C1Cc2ccccc2N1. The fourth-order valence-corrected chi connectivity index (χ4v) is 1.80. The van der Waals surface area contributed by atoms with Crippen LogP contribution >= 0.6 is 0 Å². The van der Waals surface area contributed by atoms with E-state index in [1.54, 1.807) is 6.92 Å². The number of fused-ring (bicyclic) bond motifs is 1. The summed E-state index contributed by atoms with van der Waals surface area (Å²) >= 11 is 0. The molecule has 0 fully saturated rings. The molecular formula is C11H15FN2. The van der Waals surface area contributed by atoms with E-state index in [-0.39, 0.29) is 12.6 Å². The summed E-state index contributed by atoms with van der Waals surface area (Å²) in [5.41, 5.74) is 6.28. The van der Waals surface area contributed by atoms with Gasteiger partial charge in [-0.15, -0.1) is 0 Å². The minimum atomic E-state index is -1.33. The number of para-hydroxylation sites is 1. The van der Waals surface area contributed by atoms with Crippen LogP contribution in [-0.2, 0) is 6.42 Å². The van der Waals surface area contributed by atoms with Gasteiger partial charge in [0.15, 0.2) is 0 Å². The minimum absolute atomic E-state index is 0.0542. The lowest BCUT2D eigenvalue weighted by atomic mass is 9.96. The second kappa shape index (κ2) is 3.24. The van der Waals surface area contributed by atoms with Gasteiger partial charge in [0, 0.05) is 12.2 Å². The maximum absolute atomic E-state index is 13.9. The number of alkyl halides is 1. The van der Waals surface area contributed by atoms with Gasteiger partial charge in [-0.3, -0.25) is 0 Å². The van der Waals surface area contributed by atoms with Gasteiger partial charge in [0.25, 0.3) is 0 Å². The van der Waals surface area contributed by atoms with Crippen LogP contribution in [0.5, 0.6) is 0 Å². The number of halogens is 1. The Morgan fingerprint density at radius 3 is 2.93 bits per heavy atom. The van der Waals surface area contributed by atoms with Crippen molar-refractivity contribution in [3.8, 4) is 0 Å². The zero-order valence-electron chi connectivity index (χ0n) is 8.26. The Labute approximate surface area is 83.3 Å². The summed E-state index contributed by atoms with van der Waals surface area (Å²) in [5.74, 6) is 0. The van der Waals surface area contributed by atoms with Gasteiger partial charge >= 0.3 is 0 Å². The number of hydrogen-bond acceptors (Lipinski definition) is 2. The molecule has 0 radical (unpaired) electrons. The number of nitrogens with two attached hydrogens (primary N) is 1. The van der Waals surface area contributed by atoms with Gasteiger partial charge in [0.1, 0.15) is 5.67 Å². The molecule has 1 aromatic rings. The topological polar surface area (TPSA) is 38.0 Å². The van der Waals surface area contributed by atoms with Crippen molar-refractivity contribution >= 4 is 5.69 Å². The number of hydrogen-bond donors (Lipinski definition) is 2. The molecule has 0 spiro atoms. The molecule has 1 aliphatic heterocycles. The Morgan fingerprint density at radius 2 is 2.29 bits per heavy atom. The highest BCUT2D eigenvalue weighted by atomic mass is 19.1. The van der Waals surface area contributed by atoms with Crippen molar-refractivity contribution in [1.29, 1.82) is 0 Å². The molecule has 1 aliphatic rings. The quantitative estimate of drug-likeness (QED) is 0.752. The summed E-state index contributed by atoms with van der Waals surface area (Å²) in [6, 6.07) is 7.73. The lowest BCUT2D eigenvalue weighted by Crippen LogP contribution is -2.45. The van der Waals surface area contributed by atoms with Crippen molar-refractivity contribution in [2.24, 2.45) is 5.73 Å². The van der Waals surface area contributed by atoms with E-state index in [2.05, 4.69) is 5.32 Å². The van der Waals surface area contributed by atoms with Gasteiger partial charge in [-0.1, -0.05) is 18.2 Å². The van der Waals surface area contributed by atoms with Crippen LogP contribution in [0.3, 0.4) is 0 Å². The van der Waals surface area contributed by atoms with Crippen LogP contribution in [0.15, 0.2) is 24.3 Å². The summed E-state index contributed by atoms with van der Waals surface area (Å²) < 4.78 is 13.9. The zero-order chi connectivity index (χ0) is 10.2. The van der Waals surface area contributed by atoms with Crippen LogP contribution in [0, 0.1) is 0 Å². The molecule has 1 heterocycles. The summed E-state index contributed by atoms with van der Waals surface area (Å²) in [4.78, 5) is 0. The second-order valence-corrected chi connectivity index (χ2v) is 4.04. The Hall–Kier alpha value is -1.09. The van der Waals surface area contributed by atoms with Crippen LogP contribution in [0.1, 0.15) is 12.5 Å². The number of nitrogens with one attached hydrogen (secondary N) is 1. The average molecular weight is 194 g/mol. The first kappa shape index (κ1) is 9.46. The van der Waals surface area contributed by atoms with E-state index in [0.29, 0.717) is 0 Å². The molecule has 0 amide bonds. The first-order chi connectivity index (χ1) is 6.63. The van der Waals surface area contributed by atoms with E-state index in [1.165, 1.54) is 5.56 Å². The van der Waals surface area contributed by atoms with Gasteiger partial charge in [-0.05, 0) is 25.0 Å². The van der Waals surface area contributed by atoms with E-state index in [0.717, 1.165) is 12.1 Å². The Morgan fingerprint density at radius 1 is 1.57 bits per heavy atom. The van der Waals surface area contributed by atoms with Gasteiger partial charge in [0.2, 0.25) is 0 Å². The third-order valence-corrected chi connectivity index (χ3v) is 2.90. The van der Waals surface area contributed by atoms with E-state index < -0.39 is 5.67 Å². The summed E-state index contributed by atoms with van der Waals surface area (Å²) in [7, 11) is 0. The first-order valence-electron chi connectivity index (χ1n) is 4.87. The van der Waals surface area contributed by atoms with Crippen LogP contribution < -0.4 is 11.1 Å². The highest BCUT2D eigenvalue weighted by molar-refractivity contribution is 5.57. The zero-order valence-corrected chi connectivity index (χ0v) is 8.26. The maximum atomic E-state index is 13.9. The largest absolute Gasteiger partial charge is 0.378 e. The molecule has 0 aliphatic carbocycles. The normalized spacial score (nSPS) is 23.8. The molecule has 3 heteroatoms. The van der Waals surface area contributed by atoms with Crippen molar-refractivity contribution in [2.75, 3.05) is 11.9 Å². The van der Waals surface area contributed by atoms with E-state index >= 15 is 0 Å². The molecule has 3 N–H and O–H groups in total. The molecule has 76 valence electrons. The van der Waals surface area contributed by atoms with E-state index in [9.17, 15) is 4.39 Å². The lowest BCUT2D eigenvalue weighted by molar-refractivity contribution is 0.171. The van der Waals surface area contributed by atoms with Crippen molar-refractivity contribution in [2.45, 2.75) is 25.1 Å². The highest BCUT2D eigenvalue weighted by Crippen LogP contribution is 2.31. The Bertz CT molecular complexity index is 311. The summed E-state index contributed by atoms with van der Waals surface area (Å²) in [5, 5.41) is 3.17. The molecule has 0 saturated carbocycles. The maximum Gasteiger partial charge on any atom is 0.140 e. The summed E-state index contributed by atoms with van der Waals surface area (Å²) in [6.07, 6.45) is 0.723. The average Bonchev–Trinajstić information content (AvgIpc) is 2.61. The van der Waals surface area contributed by atoms with Crippen LogP contribution in [0.25, 0.3) is 0 Å². The monoisotopic (exact) mass is 194 g/mol. The van der Waals surface area contributed by atoms with Crippen LogP contribution in [0.2, 0.25) is 0 Å². The number of benzene rings is 1. The fraction of sp³-hybridized carbons (Fsp3) is 0.455. The van der Waals surface area contributed by atoms with Gasteiger partial charge in [-0.25, -0.2) is 4.39 Å². The van der Waals surface area contributed by atoms with Gasteiger partial charge in [-0.2, -0.15) is 0 Å². The minimum Gasteiger partial charge on any atom is -0.378 e. The van der Waals surface area contributed by atoms with Crippen molar-refractivity contribution < 1.29 is 4.39 Å². The standard InChI is InChI=1S/C11H15FN2/c1-11(12,7-13)10-6-8-4-2-3-5-9(8)14-10/h2-5,10,14H,6-7,13H2,1H3. The molecule has 2 atom stereocenters. The lowest BCUT2D eigenvalue weighted by Gasteiger charge is -2.26. The molecule has 2 nitrogen and oxygen atoms in total. The molecular weight excluding hydrogens is 179 g/mol. The van der Waals surface area contributed by atoms with Crippen molar-refractivity contribution in [3.63, 3.8) is 0 Å². The predicted molar refractivity (Wildman–Crippen MR) is 56.1 cm³/mol. The van der Waals surface area contributed by atoms with Gasteiger partial charge < -0.3 is 11.1 Å². The Balaban J connectivity index is 2.19. The van der Waals surface area contributed by atoms with Crippen molar-refractivity contribution in [3.05, 3.63) is 29.8 Å². The molecule has 1 aromatic carbocycles. The number of anilines is 1. The van der Waals surface area contributed by atoms with Crippen LogP contribution in [0.4, 0.5) is 10.1 Å². The predicted octanol–water partition coefficient (Wildman–Crippen LogP) is 1.71. The summed E-state index contributed by atoms with van der Waals surface area (Å²) in [6.45, 7) is 1.61. The van der Waals surface area contributed by atoms with Gasteiger partial charge in [0.05, 0.1) is 6.04 Å². The highest BCUT2D eigenvalue weighted by Gasteiger charge is 2.36. The molecule has 2 rings (SSSR count). The van der Waals surface area contributed by atoms with Crippen LogP contribution in [-0.4, -0.2) is 18.3 Å². The third-order valence-electron chi connectivity index (χ3n) is 2.90. The number of rotatable bonds is 2. The van der Waals surface area contributed by atoms with E-state index in [1.807, 2.05) is 24.3 Å². The molecule has 2 unspecified atom stereocenters. The van der Waals surface area contributed by atoms with Crippen molar-refractivity contribution in [1.82, 2.24) is 0 Å². The fourth-order valence-electron chi connectivity index (χ4n) is 1.80. The van der Waals surface area contributed by atoms with E-state index in [4.69, 9.17) is 5.73 Å². The molecule has 14 heavy (non-hydrogen) atoms. The smallest absolute Gasteiger partial charge is 0.140 e.